The molecule has 0 spiro atoms. The summed E-state index contributed by atoms with van der Waals surface area (Å²) >= 11 is 7.17. The summed E-state index contributed by atoms with van der Waals surface area (Å²) in [5.74, 6) is 0.199. The van der Waals surface area contributed by atoms with E-state index >= 15 is 0 Å². The van der Waals surface area contributed by atoms with Crippen LogP contribution in [0.25, 0.3) is 11.5 Å². The maximum Gasteiger partial charge on any atom is 0.277 e. The highest BCUT2D eigenvalue weighted by atomic mass is 35.5. The first kappa shape index (κ1) is 17.4. The molecule has 1 N–H and O–H groups in total. The van der Waals surface area contributed by atoms with Crippen molar-refractivity contribution in [3.8, 4) is 11.5 Å². The van der Waals surface area contributed by atoms with Crippen LogP contribution in [0.4, 0.5) is 5.69 Å². The minimum atomic E-state index is -0.416. The number of aryl methyl sites for hydroxylation is 1. The molecule has 0 aliphatic rings. The Bertz CT molecular complexity index is 885. The number of rotatable bonds is 5. The highest BCUT2D eigenvalue weighted by molar-refractivity contribution is 8.00. The third-order valence-corrected chi connectivity index (χ3v) is 4.59. The first-order valence-electron chi connectivity index (χ1n) is 7.50. The van der Waals surface area contributed by atoms with Crippen LogP contribution in [0.15, 0.2) is 52.4 Å². The number of carbonyl (C=O) groups is 1. The summed E-state index contributed by atoms with van der Waals surface area (Å²) < 4.78 is 5.58. The minimum absolute atomic E-state index is 0.170. The lowest BCUT2D eigenvalue weighted by Gasteiger charge is -2.12. The highest BCUT2D eigenvalue weighted by Crippen LogP contribution is 2.27. The average molecular weight is 375 g/mol. The standard InChI is InChI=1S/C17H15ClN4O2S/c1-10-5-6-13(18)8-14(10)20-15(23)11(2)25-17-22-21-16(24-17)12-4-3-7-19-9-12/h3-9,11H,1-2H3,(H,20,23)/t11-/m0/s1. The van der Waals surface area contributed by atoms with Gasteiger partial charge in [0.25, 0.3) is 5.22 Å². The van der Waals surface area contributed by atoms with Gasteiger partial charge in [0.2, 0.25) is 11.8 Å². The number of benzene rings is 1. The number of halogens is 1. The van der Waals surface area contributed by atoms with Crippen LogP contribution in [0.5, 0.6) is 0 Å². The molecule has 128 valence electrons. The number of hydrogen-bond donors (Lipinski definition) is 1. The number of amides is 1. The van der Waals surface area contributed by atoms with Gasteiger partial charge >= 0.3 is 0 Å². The molecule has 6 nitrogen and oxygen atoms in total. The summed E-state index contributed by atoms with van der Waals surface area (Å²) in [6.07, 6.45) is 3.31. The summed E-state index contributed by atoms with van der Waals surface area (Å²) in [5, 5.41) is 11.3. The lowest BCUT2D eigenvalue weighted by molar-refractivity contribution is -0.115. The van der Waals surface area contributed by atoms with E-state index < -0.39 is 5.25 Å². The highest BCUT2D eigenvalue weighted by Gasteiger charge is 2.19. The minimum Gasteiger partial charge on any atom is -0.411 e. The van der Waals surface area contributed by atoms with E-state index in [1.165, 1.54) is 11.8 Å². The van der Waals surface area contributed by atoms with Crippen molar-refractivity contribution in [2.75, 3.05) is 5.32 Å². The monoisotopic (exact) mass is 374 g/mol. The van der Waals surface area contributed by atoms with Gasteiger partial charge in [0, 0.05) is 23.1 Å². The van der Waals surface area contributed by atoms with Crippen LogP contribution in [0.1, 0.15) is 12.5 Å². The molecule has 8 heteroatoms. The maximum absolute atomic E-state index is 12.4. The number of nitrogens with zero attached hydrogens (tertiary/aromatic N) is 3. The Labute approximate surface area is 154 Å². The zero-order valence-electron chi connectivity index (χ0n) is 13.6. The Morgan fingerprint density at radius 1 is 1.32 bits per heavy atom. The van der Waals surface area contributed by atoms with Crippen molar-refractivity contribution in [1.29, 1.82) is 0 Å². The lowest BCUT2D eigenvalue weighted by atomic mass is 10.2. The second-order valence-corrected chi connectivity index (χ2v) is 7.05. The second-order valence-electron chi connectivity index (χ2n) is 5.32. The van der Waals surface area contributed by atoms with E-state index in [0.29, 0.717) is 21.8 Å². The number of nitrogens with one attached hydrogen (secondary N) is 1. The van der Waals surface area contributed by atoms with Gasteiger partial charge in [-0.05, 0) is 43.7 Å². The fraction of sp³-hybridized carbons (Fsp3) is 0.176. The van der Waals surface area contributed by atoms with E-state index in [1.54, 1.807) is 37.5 Å². The molecule has 25 heavy (non-hydrogen) atoms. The Hall–Kier alpha value is -2.38. The van der Waals surface area contributed by atoms with Gasteiger partial charge in [-0.15, -0.1) is 10.2 Å². The third-order valence-electron chi connectivity index (χ3n) is 3.42. The molecule has 0 radical (unpaired) electrons. The molecule has 1 amide bonds. The molecule has 0 unspecified atom stereocenters. The quantitative estimate of drug-likeness (QED) is 0.673. The normalized spacial score (nSPS) is 12.0. The number of aromatic nitrogens is 3. The van der Waals surface area contributed by atoms with Gasteiger partial charge in [0.1, 0.15) is 0 Å². The van der Waals surface area contributed by atoms with Gasteiger partial charge in [-0.2, -0.15) is 0 Å². The number of anilines is 1. The zero-order valence-corrected chi connectivity index (χ0v) is 15.1. The molecular formula is C17H15ClN4O2S. The molecule has 1 atom stereocenters. The molecule has 2 heterocycles. The molecule has 3 aromatic rings. The van der Waals surface area contributed by atoms with Crippen LogP contribution >= 0.6 is 23.4 Å². The molecular weight excluding hydrogens is 360 g/mol. The van der Waals surface area contributed by atoms with Crippen molar-refractivity contribution in [2.45, 2.75) is 24.3 Å². The van der Waals surface area contributed by atoms with Crippen molar-refractivity contribution in [3.63, 3.8) is 0 Å². The predicted molar refractivity (Wildman–Crippen MR) is 97.7 cm³/mol. The fourth-order valence-electron chi connectivity index (χ4n) is 2.03. The summed E-state index contributed by atoms with van der Waals surface area (Å²) in [4.78, 5) is 16.4. The van der Waals surface area contributed by atoms with Crippen LogP contribution in [-0.2, 0) is 4.79 Å². The smallest absolute Gasteiger partial charge is 0.277 e. The molecule has 0 fully saturated rings. The molecule has 0 aliphatic heterocycles. The van der Waals surface area contributed by atoms with Crippen molar-refractivity contribution in [3.05, 3.63) is 53.3 Å². The van der Waals surface area contributed by atoms with Crippen molar-refractivity contribution in [1.82, 2.24) is 15.2 Å². The van der Waals surface area contributed by atoms with Crippen LogP contribution in [-0.4, -0.2) is 26.3 Å². The fourth-order valence-corrected chi connectivity index (χ4v) is 2.89. The Balaban J connectivity index is 1.66. The Morgan fingerprint density at radius 3 is 2.92 bits per heavy atom. The van der Waals surface area contributed by atoms with E-state index in [1.807, 2.05) is 19.1 Å². The van der Waals surface area contributed by atoms with Crippen LogP contribution < -0.4 is 5.32 Å². The number of carbonyl (C=O) groups excluding carboxylic acids is 1. The van der Waals surface area contributed by atoms with Gasteiger partial charge in [0.05, 0.1) is 10.8 Å². The van der Waals surface area contributed by atoms with E-state index in [0.717, 1.165) is 11.1 Å². The summed E-state index contributed by atoms with van der Waals surface area (Å²) in [7, 11) is 0. The van der Waals surface area contributed by atoms with Gasteiger partial charge in [-0.25, -0.2) is 0 Å². The SMILES string of the molecule is Cc1ccc(Cl)cc1NC(=O)[C@H](C)Sc1nnc(-c2cccnc2)o1. The average Bonchev–Trinajstić information content (AvgIpc) is 3.07. The molecule has 0 saturated heterocycles. The zero-order chi connectivity index (χ0) is 17.8. The van der Waals surface area contributed by atoms with E-state index in [4.69, 9.17) is 16.0 Å². The van der Waals surface area contributed by atoms with Crippen LogP contribution in [0, 0.1) is 6.92 Å². The summed E-state index contributed by atoms with van der Waals surface area (Å²) in [5.41, 5.74) is 2.35. The summed E-state index contributed by atoms with van der Waals surface area (Å²) in [6.45, 7) is 3.68. The van der Waals surface area contributed by atoms with Crippen molar-refractivity contribution < 1.29 is 9.21 Å². The van der Waals surface area contributed by atoms with Crippen LogP contribution in [0.3, 0.4) is 0 Å². The topological polar surface area (TPSA) is 80.9 Å². The second kappa shape index (κ2) is 7.67. The van der Waals surface area contributed by atoms with E-state index in [-0.39, 0.29) is 5.91 Å². The van der Waals surface area contributed by atoms with Gasteiger partial charge < -0.3 is 9.73 Å². The first-order valence-corrected chi connectivity index (χ1v) is 8.76. The largest absolute Gasteiger partial charge is 0.411 e. The lowest BCUT2D eigenvalue weighted by Crippen LogP contribution is -2.22. The summed E-state index contributed by atoms with van der Waals surface area (Å²) in [6, 6.07) is 8.97. The molecule has 3 rings (SSSR count). The van der Waals surface area contributed by atoms with Crippen molar-refractivity contribution in [2.24, 2.45) is 0 Å². The van der Waals surface area contributed by atoms with E-state index in [9.17, 15) is 4.79 Å². The molecule has 0 saturated carbocycles. The number of thioether (sulfide) groups is 1. The Kier molecular flexibility index (Phi) is 5.35. The third kappa shape index (κ3) is 4.37. The van der Waals surface area contributed by atoms with Gasteiger partial charge in [-0.3, -0.25) is 9.78 Å². The van der Waals surface area contributed by atoms with Gasteiger partial charge in [0.15, 0.2) is 0 Å². The molecule has 2 aromatic heterocycles. The molecule has 0 aliphatic carbocycles. The Morgan fingerprint density at radius 2 is 2.16 bits per heavy atom. The molecule has 1 aromatic carbocycles. The molecule has 0 bridgehead atoms. The van der Waals surface area contributed by atoms with E-state index in [2.05, 4.69) is 20.5 Å². The van der Waals surface area contributed by atoms with Gasteiger partial charge in [-0.1, -0.05) is 29.4 Å². The maximum atomic E-state index is 12.4. The first-order chi connectivity index (χ1) is 12.0. The number of hydrogen-bond acceptors (Lipinski definition) is 6. The predicted octanol–water partition coefficient (Wildman–Crippen LogP) is 4.21. The van der Waals surface area contributed by atoms with Crippen LogP contribution in [0.2, 0.25) is 5.02 Å². The number of pyridine rings is 1. The van der Waals surface area contributed by atoms with Crippen molar-refractivity contribution >= 4 is 35.0 Å².